The van der Waals surface area contributed by atoms with Crippen LogP contribution < -0.4 is 0 Å². The van der Waals surface area contributed by atoms with E-state index < -0.39 is 0 Å². The first-order chi connectivity index (χ1) is 7.22. The van der Waals surface area contributed by atoms with Crippen LogP contribution in [0.25, 0.3) is 0 Å². The summed E-state index contributed by atoms with van der Waals surface area (Å²) in [6.07, 6.45) is 3.80. The summed E-state index contributed by atoms with van der Waals surface area (Å²) in [6, 6.07) is 10.1. The van der Waals surface area contributed by atoms with Crippen molar-refractivity contribution < 1.29 is 9.68 Å². The van der Waals surface area contributed by atoms with Crippen molar-refractivity contribution in [3.05, 3.63) is 41.3 Å². The predicted octanol–water partition coefficient (Wildman–Crippen LogP) is 2.00. The number of hydrogen-bond donors (Lipinski definition) is 1. The van der Waals surface area contributed by atoms with Crippen LogP contribution in [-0.2, 0) is 0 Å². The summed E-state index contributed by atoms with van der Waals surface area (Å²) < 4.78 is 1.97. The van der Waals surface area contributed by atoms with Gasteiger partial charge in [0.1, 0.15) is 14.1 Å². The van der Waals surface area contributed by atoms with Crippen molar-refractivity contribution in [1.82, 2.24) is 0 Å². The molecule has 3 heteroatoms. The molecule has 2 nitrogen and oxygen atoms in total. The van der Waals surface area contributed by atoms with Gasteiger partial charge in [0.25, 0.3) is 0 Å². The Labute approximate surface area is 95.0 Å². The molecule has 0 bridgehead atoms. The minimum atomic E-state index is 0.0690. The van der Waals surface area contributed by atoms with Gasteiger partial charge in [0.2, 0.25) is 0 Å². The molecule has 1 aromatic rings. The SMILES string of the molecule is C[N+](C)=C/C(=C\CO)Sc1ccccc1. The molecule has 0 aromatic heterocycles. The summed E-state index contributed by atoms with van der Waals surface area (Å²) in [4.78, 5) is 2.23. The molecule has 0 aliphatic heterocycles. The van der Waals surface area contributed by atoms with Gasteiger partial charge in [0.15, 0.2) is 6.21 Å². The monoisotopic (exact) mass is 222 g/mol. The van der Waals surface area contributed by atoms with Gasteiger partial charge in [-0.3, -0.25) is 0 Å². The van der Waals surface area contributed by atoms with Gasteiger partial charge in [-0.15, -0.1) is 0 Å². The van der Waals surface area contributed by atoms with E-state index in [0.29, 0.717) is 0 Å². The molecule has 0 amide bonds. The third-order valence-electron chi connectivity index (χ3n) is 1.66. The third kappa shape index (κ3) is 4.81. The summed E-state index contributed by atoms with van der Waals surface area (Å²) in [7, 11) is 3.94. The fourth-order valence-corrected chi connectivity index (χ4v) is 2.08. The van der Waals surface area contributed by atoms with Crippen LogP contribution in [0.5, 0.6) is 0 Å². The Morgan fingerprint density at radius 1 is 1.33 bits per heavy atom. The summed E-state index contributed by atoms with van der Waals surface area (Å²) in [5.74, 6) is 0. The van der Waals surface area contributed by atoms with Crippen LogP contribution in [0.4, 0.5) is 0 Å². The summed E-state index contributed by atoms with van der Waals surface area (Å²) in [5, 5.41) is 8.90. The third-order valence-corrected chi connectivity index (χ3v) is 2.67. The van der Waals surface area contributed by atoms with E-state index >= 15 is 0 Å². The molecule has 80 valence electrons. The van der Waals surface area contributed by atoms with Gasteiger partial charge in [0, 0.05) is 4.90 Å². The number of nitrogens with zero attached hydrogens (tertiary/aromatic N) is 1. The van der Waals surface area contributed by atoms with Gasteiger partial charge in [-0.1, -0.05) is 30.0 Å². The zero-order chi connectivity index (χ0) is 11.1. The van der Waals surface area contributed by atoms with E-state index in [-0.39, 0.29) is 6.61 Å². The number of rotatable bonds is 4. The molecule has 1 N–H and O–H groups in total. The molecule has 0 radical (unpaired) electrons. The number of allylic oxidation sites excluding steroid dienone is 1. The van der Waals surface area contributed by atoms with Gasteiger partial charge >= 0.3 is 0 Å². The van der Waals surface area contributed by atoms with E-state index in [1.165, 1.54) is 4.90 Å². The Morgan fingerprint density at radius 3 is 2.53 bits per heavy atom. The number of thioether (sulfide) groups is 1. The van der Waals surface area contributed by atoms with E-state index in [9.17, 15) is 0 Å². The van der Waals surface area contributed by atoms with Crippen LogP contribution in [-0.4, -0.2) is 36.6 Å². The largest absolute Gasteiger partial charge is 0.392 e. The van der Waals surface area contributed by atoms with E-state index in [1.54, 1.807) is 17.8 Å². The predicted molar refractivity (Wildman–Crippen MR) is 65.6 cm³/mol. The van der Waals surface area contributed by atoms with Crippen LogP contribution in [0.1, 0.15) is 0 Å². The van der Waals surface area contributed by atoms with Crippen LogP contribution in [0.2, 0.25) is 0 Å². The van der Waals surface area contributed by atoms with Gasteiger partial charge in [-0.2, -0.15) is 0 Å². The second-order valence-electron chi connectivity index (χ2n) is 3.30. The van der Waals surface area contributed by atoms with Crippen molar-refractivity contribution in [2.24, 2.45) is 0 Å². The second kappa shape index (κ2) is 6.43. The average molecular weight is 222 g/mol. The van der Waals surface area contributed by atoms with Crippen LogP contribution in [0, 0.1) is 0 Å². The fourth-order valence-electron chi connectivity index (χ4n) is 1.09. The molecule has 1 rings (SSSR count). The summed E-state index contributed by atoms with van der Waals surface area (Å²) in [6.45, 7) is 0.0690. The number of aliphatic hydroxyl groups excluding tert-OH is 1. The summed E-state index contributed by atoms with van der Waals surface area (Å²) in [5.41, 5.74) is 0. The molecule has 0 heterocycles. The topological polar surface area (TPSA) is 23.2 Å². The molecule has 15 heavy (non-hydrogen) atoms. The Balaban J connectivity index is 2.77. The van der Waals surface area contributed by atoms with Gasteiger partial charge in [-0.05, 0) is 18.2 Å². The van der Waals surface area contributed by atoms with Crippen molar-refractivity contribution in [2.75, 3.05) is 20.7 Å². The molecule has 0 aliphatic carbocycles. The van der Waals surface area contributed by atoms with Gasteiger partial charge in [-0.25, -0.2) is 4.58 Å². The number of benzene rings is 1. The number of aliphatic hydroxyl groups is 1. The molecule has 0 spiro atoms. The van der Waals surface area contributed by atoms with E-state index in [1.807, 2.05) is 43.1 Å². The molecule has 0 fully saturated rings. The van der Waals surface area contributed by atoms with Crippen molar-refractivity contribution >= 4 is 18.0 Å². The molecule has 0 aliphatic rings. The second-order valence-corrected chi connectivity index (χ2v) is 4.44. The smallest absolute Gasteiger partial charge is 0.176 e. The Kier molecular flexibility index (Phi) is 5.15. The molecule has 1 aromatic carbocycles. The first kappa shape index (κ1) is 12.0. The summed E-state index contributed by atoms with van der Waals surface area (Å²) >= 11 is 1.65. The number of hydrogen-bond acceptors (Lipinski definition) is 2. The molecule has 0 saturated carbocycles. The van der Waals surface area contributed by atoms with E-state index in [2.05, 4.69) is 12.1 Å². The minimum absolute atomic E-state index is 0.0690. The van der Waals surface area contributed by atoms with E-state index in [0.717, 1.165) is 4.91 Å². The minimum Gasteiger partial charge on any atom is -0.392 e. The lowest BCUT2D eigenvalue weighted by molar-refractivity contribution is -0.458. The van der Waals surface area contributed by atoms with Crippen LogP contribution >= 0.6 is 11.8 Å². The maximum Gasteiger partial charge on any atom is 0.176 e. The molecular weight excluding hydrogens is 206 g/mol. The zero-order valence-electron chi connectivity index (χ0n) is 9.05. The van der Waals surface area contributed by atoms with Crippen molar-refractivity contribution in [2.45, 2.75) is 4.90 Å². The first-order valence-electron chi connectivity index (χ1n) is 4.77. The average Bonchev–Trinajstić information content (AvgIpc) is 2.18. The highest BCUT2D eigenvalue weighted by molar-refractivity contribution is 8.03. The molecule has 0 unspecified atom stereocenters. The zero-order valence-corrected chi connectivity index (χ0v) is 9.87. The van der Waals surface area contributed by atoms with Gasteiger partial charge < -0.3 is 5.11 Å². The van der Waals surface area contributed by atoms with Crippen molar-refractivity contribution in [3.63, 3.8) is 0 Å². The highest BCUT2D eigenvalue weighted by Crippen LogP contribution is 2.24. The van der Waals surface area contributed by atoms with Crippen molar-refractivity contribution in [1.29, 1.82) is 0 Å². The van der Waals surface area contributed by atoms with Crippen molar-refractivity contribution in [3.8, 4) is 0 Å². The Bertz CT molecular complexity index is 353. The first-order valence-corrected chi connectivity index (χ1v) is 5.59. The Hall–Kier alpha value is -1.06. The lowest BCUT2D eigenvalue weighted by Crippen LogP contribution is -2.00. The maximum atomic E-state index is 8.90. The standard InChI is InChI=1S/C12H16NOS/c1-13(2)10-12(8-9-14)15-11-6-4-3-5-7-11/h3-8,10,14H,9H2,1-2H3/q+1/b12-8+. The van der Waals surface area contributed by atoms with Gasteiger partial charge in [0.05, 0.1) is 11.5 Å². The lowest BCUT2D eigenvalue weighted by atomic mass is 10.4. The Morgan fingerprint density at radius 2 is 2.00 bits per heavy atom. The molecule has 0 saturated heterocycles. The fraction of sp³-hybridized carbons (Fsp3) is 0.250. The normalized spacial score (nSPS) is 11.3. The highest BCUT2D eigenvalue weighted by Gasteiger charge is 2.00. The van der Waals surface area contributed by atoms with Crippen LogP contribution in [0.3, 0.4) is 0 Å². The van der Waals surface area contributed by atoms with E-state index in [4.69, 9.17) is 5.11 Å². The maximum absolute atomic E-state index is 8.90. The molecular formula is C12H16NOS+. The lowest BCUT2D eigenvalue weighted by Gasteiger charge is -1.99. The quantitative estimate of drug-likeness (QED) is 0.478. The highest BCUT2D eigenvalue weighted by atomic mass is 32.2. The molecule has 0 atom stereocenters. The van der Waals surface area contributed by atoms with Crippen LogP contribution in [0.15, 0.2) is 46.2 Å².